The number of hydrogen-bond acceptors (Lipinski definition) is 3. The van der Waals surface area contributed by atoms with Crippen molar-refractivity contribution in [3.8, 4) is 0 Å². The molecule has 0 N–H and O–H groups in total. The van der Waals surface area contributed by atoms with Crippen molar-refractivity contribution in [1.29, 1.82) is 0 Å². The maximum Gasteiger partial charge on any atom is 0.501 e. The Balaban J connectivity index is 4.19. The highest BCUT2D eigenvalue weighted by Crippen LogP contribution is 2.16. The summed E-state index contributed by atoms with van der Waals surface area (Å²) in [7, 11) is -2.35. The summed E-state index contributed by atoms with van der Waals surface area (Å²) in [5.74, 6) is 0. The fourth-order valence-electron chi connectivity index (χ4n) is 1.21. The predicted octanol–water partition coefficient (Wildman–Crippen LogP) is 2.26. The second-order valence-electron chi connectivity index (χ2n) is 2.59. The van der Waals surface area contributed by atoms with Gasteiger partial charge in [-0.2, -0.15) is 0 Å². The first-order valence-electron chi connectivity index (χ1n) is 4.94. The van der Waals surface area contributed by atoms with Crippen LogP contribution in [0.15, 0.2) is 0 Å². The van der Waals surface area contributed by atoms with Gasteiger partial charge in [-0.3, -0.25) is 0 Å². The van der Waals surface area contributed by atoms with Crippen LogP contribution in [0.4, 0.5) is 0 Å². The van der Waals surface area contributed by atoms with Crippen molar-refractivity contribution in [2.75, 3.05) is 19.8 Å². The van der Waals surface area contributed by atoms with Gasteiger partial charge in [0.2, 0.25) is 0 Å². The van der Waals surface area contributed by atoms with E-state index in [-0.39, 0.29) is 0 Å². The molecule has 0 aliphatic rings. The van der Waals surface area contributed by atoms with Gasteiger partial charge in [0.05, 0.1) is 0 Å². The van der Waals surface area contributed by atoms with Crippen molar-refractivity contribution in [2.24, 2.45) is 0 Å². The molecule has 1 radical (unpaired) electrons. The van der Waals surface area contributed by atoms with Crippen LogP contribution >= 0.6 is 0 Å². The van der Waals surface area contributed by atoms with Crippen LogP contribution in [0.1, 0.15) is 27.7 Å². The summed E-state index contributed by atoms with van der Waals surface area (Å²) in [6.07, 6.45) is 2.05. The van der Waals surface area contributed by atoms with E-state index in [9.17, 15) is 0 Å². The standard InChI is InChI=1S/C9H21O3Si/c1-5-9-13(10-6-2,11-7-3)12-8-4/h5H,6-9H2,1-4H3. The Morgan fingerprint density at radius 2 is 1.31 bits per heavy atom. The lowest BCUT2D eigenvalue weighted by Gasteiger charge is -2.27. The zero-order valence-corrected chi connectivity index (χ0v) is 10.1. The lowest BCUT2D eigenvalue weighted by molar-refractivity contribution is 0.0734. The Morgan fingerprint density at radius 1 is 0.923 bits per heavy atom. The smallest absolute Gasteiger partial charge is 0.374 e. The summed E-state index contributed by atoms with van der Waals surface area (Å²) in [5, 5.41) is 0. The Kier molecular flexibility index (Phi) is 7.55. The van der Waals surface area contributed by atoms with E-state index in [1.807, 2.05) is 34.1 Å². The molecular formula is C9H21O3Si. The van der Waals surface area contributed by atoms with Crippen molar-refractivity contribution in [3.63, 3.8) is 0 Å². The molecule has 0 atom stereocenters. The number of rotatable bonds is 8. The van der Waals surface area contributed by atoms with E-state index in [1.165, 1.54) is 0 Å². The average molecular weight is 205 g/mol. The van der Waals surface area contributed by atoms with Crippen LogP contribution < -0.4 is 0 Å². The Labute approximate surface area is 82.8 Å². The largest absolute Gasteiger partial charge is 0.501 e. The van der Waals surface area contributed by atoms with Gasteiger partial charge in [-0.25, -0.2) is 0 Å². The molecule has 0 saturated carbocycles. The zero-order valence-electron chi connectivity index (χ0n) is 9.13. The fourth-order valence-corrected chi connectivity index (χ4v) is 3.63. The minimum absolute atomic E-state index is 0.653. The van der Waals surface area contributed by atoms with Gasteiger partial charge in [0.25, 0.3) is 0 Å². The van der Waals surface area contributed by atoms with Gasteiger partial charge in [-0.1, -0.05) is 6.92 Å². The van der Waals surface area contributed by atoms with Crippen molar-refractivity contribution in [2.45, 2.75) is 33.7 Å². The third kappa shape index (κ3) is 4.76. The molecule has 0 aliphatic carbocycles. The Bertz CT molecular complexity index is 89.9. The van der Waals surface area contributed by atoms with E-state index in [2.05, 4.69) is 0 Å². The SMILES string of the molecule is C[CH]C[Si](OCC)(OCC)OCC. The van der Waals surface area contributed by atoms with E-state index in [0.29, 0.717) is 19.8 Å². The van der Waals surface area contributed by atoms with Crippen LogP contribution in [0.3, 0.4) is 0 Å². The lowest BCUT2D eigenvalue weighted by Crippen LogP contribution is -2.45. The van der Waals surface area contributed by atoms with Gasteiger partial charge in [-0.15, -0.1) is 0 Å². The van der Waals surface area contributed by atoms with E-state index < -0.39 is 8.80 Å². The first-order chi connectivity index (χ1) is 6.24. The maximum atomic E-state index is 5.61. The van der Waals surface area contributed by atoms with Crippen molar-refractivity contribution in [3.05, 3.63) is 6.42 Å². The summed E-state index contributed by atoms with van der Waals surface area (Å²) in [6, 6.07) is 0.794. The van der Waals surface area contributed by atoms with Crippen molar-refractivity contribution < 1.29 is 13.3 Å². The summed E-state index contributed by atoms with van der Waals surface area (Å²) in [4.78, 5) is 0. The molecule has 0 rings (SSSR count). The minimum atomic E-state index is -2.35. The molecule has 13 heavy (non-hydrogen) atoms. The third-order valence-corrected chi connectivity index (χ3v) is 4.64. The van der Waals surface area contributed by atoms with Gasteiger partial charge in [0.1, 0.15) is 0 Å². The first-order valence-corrected chi connectivity index (χ1v) is 6.87. The molecule has 3 nitrogen and oxygen atoms in total. The van der Waals surface area contributed by atoms with Crippen molar-refractivity contribution >= 4 is 8.80 Å². The third-order valence-electron chi connectivity index (χ3n) is 1.55. The molecular weight excluding hydrogens is 184 g/mol. The molecule has 0 aromatic carbocycles. The highest BCUT2D eigenvalue weighted by molar-refractivity contribution is 6.61. The second kappa shape index (κ2) is 7.50. The lowest BCUT2D eigenvalue weighted by atomic mass is 10.6. The van der Waals surface area contributed by atoms with Crippen LogP contribution in [0.2, 0.25) is 6.04 Å². The summed E-state index contributed by atoms with van der Waals surface area (Å²) in [5.41, 5.74) is 0. The molecule has 0 amide bonds. The topological polar surface area (TPSA) is 27.7 Å². The Morgan fingerprint density at radius 3 is 1.54 bits per heavy atom. The minimum Gasteiger partial charge on any atom is -0.374 e. The van der Waals surface area contributed by atoms with Crippen molar-refractivity contribution in [1.82, 2.24) is 0 Å². The predicted molar refractivity (Wildman–Crippen MR) is 55.4 cm³/mol. The van der Waals surface area contributed by atoms with Crippen LogP contribution in [0.25, 0.3) is 0 Å². The molecule has 0 aromatic rings. The molecule has 0 unspecified atom stereocenters. The van der Waals surface area contributed by atoms with Crippen LogP contribution in [-0.4, -0.2) is 28.6 Å². The van der Waals surface area contributed by atoms with Crippen LogP contribution in [0, 0.1) is 6.42 Å². The zero-order chi connectivity index (χ0) is 10.2. The normalized spacial score (nSPS) is 12.0. The maximum absolute atomic E-state index is 5.61. The molecule has 0 spiro atoms. The highest BCUT2D eigenvalue weighted by Gasteiger charge is 2.38. The second-order valence-corrected chi connectivity index (χ2v) is 5.23. The van der Waals surface area contributed by atoms with E-state index in [4.69, 9.17) is 13.3 Å². The first kappa shape index (κ1) is 13.1. The molecule has 79 valence electrons. The molecule has 0 saturated heterocycles. The highest BCUT2D eigenvalue weighted by atomic mass is 28.4. The summed E-state index contributed by atoms with van der Waals surface area (Å²) >= 11 is 0. The molecule has 0 bridgehead atoms. The number of hydrogen-bond donors (Lipinski definition) is 0. The molecule has 0 aliphatic heterocycles. The van der Waals surface area contributed by atoms with Crippen LogP contribution in [-0.2, 0) is 13.3 Å². The quantitative estimate of drug-likeness (QED) is 0.569. The van der Waals surface area contributed by atoms with Crippen LogP contribution in [0.5, 0.6) is 0 Å². The van der Waals surface area contributed by atoms with Gasteiger partial charge in [-0.05, 0) is 27.2 Å². The van der Waals surface area contributed by atoms with E-state index in [0.717, 1.165) is 6.04 Å². The molecule has 4 heteroatoms. The van der Waals surface area contributed by atoms with Gasteiger partial charge in [0.15, 0.2) is 0 Å². The molecule has 0 fully saturated rings. The van der Waals surface area contributed by atoms with Gasteiger partial charge >= 0.3 is 8.80 Å². The van der Waals surface area contributed by atoms with Gasteiger partial charge < -0.3 is 13.3 Å². The van der Waals surface area contributed by atoms with Gasteiger partial charge in [0, 0.05) is 25.9 Å². The summed E-state index contributed by atoms with van der Waals surface area (Å²) in [6.45, 7) is 9.86. The van der Waals surface area contributed by atoms with E-state index >= 15 is 0 Å². The summed E-state index contributed by atoms with van der Waals surface area (Å²) < 4.78 is 16.8. The fraction of sp³-hybridized carbons (Fsp3) is 0.889. The monoisotopic (exact) mass is 205 g/mol. The average Bonchev–Trinajstić information content (AvgIpc) is 2.06. The molecule has 0 heterocycles. The molecule has 0 aromatic heterocycles. The Hall–Kier alpha value is 0.0969. The van der Waals surface area contributed by atoms with E-state index in [1.54, 1.807) is 0 Å².